The maximum absolute atomic E-state index is 12.2. The second kappa shape index (κ2) is 8.17. The second-order valence-corrected chi connectivity index (χ2v) is 5.87. The Labute approximate surface area is 154 Å². The maximum atomic E-state index is 12.2. The molecule has 2 aromatic rings. The number of rotatable bonds is 4. The molecule has 0 spiro atoms. The Morgan fingerprint density at radius 3 is 2.63 bits per heavy atom. The van der Waals surface area contributed by atoms with Gasteiger partial charge in [0.2, 0.25) is 5.91 Å². The van der Waals surface area contributed by atoms with Crippen molar-refractivity contribution in [1.29, 1.82) is 0 Å². The molecule has 1 saturated heterocycles. The van der Waals surface area contributed by atoms with Gasteiger partial charge in [-0.2, -0.15) is 0 Å². The van der Waals surface area contributed by atoms with Gasteiger partial charge in [-0.05, 0) is 36.8 Å². The van der Waals surface area contributed by atoms with Crippen LogP contribution in [0.5, 0.6) is 0 Å². The number of furan rings is 1. The van der Waals surface area contributed by atoms with Gasteiger partial charge in [-0.15, -0.1) is 0 Å². The van der Waals surface area contributed by atoms with Crippen LogP contribution in [0.25, 0.3) is 0 Å². The van der Waals surface area contributed by atoms with E-state index >= 15 is 0 Å². The summed E-state index contributed by atoms with van der Waals surface area (Å²) in [6.45, 7) is 0.662. The minimum Gasteiger partial charge on any atom is -0.467 e. The molecule has 1 fully saturated rings. The highest BCUT2D eigenvalue weighted by Crippen LogP contribution is 2.22. The van der Waals surface area contributed by atoms with Crippen molar-refractivity contribution in [2.75, 3.05) is 11.4 Å². The quantitative estimate of drug-likeness (QED) is 0.534. The summed E-state index contributed by atoms with van der Waals surface area (Å²) in [7, 11) is 0. The predicted molar refractivity (Wildman–Crippen MR) is 94.2 cm³/mol. The molecular weight excluding hydrogens is 352 g/mol. The molecule has 0 aliphatic carbocycles. The fraction of sp³-hybridized carbons (Fsp3) is 0.222. The third-order valence-electron chi connectivity index (χ3n) is 3.99. The summed E-state index contributed by atoms with van der Waals surface area (Å²) in [6, 6.07) is 9.79. The fourth-order valence-corrected chi connectivity index (χ4v) is 2.64. The second-order valence-electron chi connectivity index (χ2n) is 5.87. The van der Waals surface area contributed by atoms with Crippen molar-refractivity contribution in [2.45, 2.75) is 19.4 Å². The number of nitrogens with one attached hydrogen (secondary N) is 3. The molecular formula is C18H18N4O5. The van der Waals surface area contributed by atoms with E-state index in [9.17, 15) is 19.2 Å². The zero-order valence-electron chi connectivity index (χ0n) is 14.4. The molecule has 1 aliphatic heterocycles. The first-order valence-corrected chi connectivity index (χ1v) is 8.36. The molecule has 27 heavy (non-hydrogen) atoms. The lowest BCUT2D eigenvalue weighted by atomic mass is 10.2. The van der Waals surface area contributed by atoms with E-state index in [0.29, 0.717) is 24.4 Å². The highest BCUT2D eigenvalue weighted by atomic mass is 16.3. The Bertz CT molecular complexity index is 862. The van der Waals surface area contributed by atoms with Gasteiger partial charge in [-0.3, -0.25) is 30.0 Å². The van der Waals surface area contributed by atoms with Crippen LogP contribution in [-0.4, -0.2) is 30.2 Å². The third kappa shape index (κ3) is 4.51. The minimum absolute atomic E-state index is 0.00842. The van der Waals surface area contributed by atoms with Crippen molar-refractivity contribution in [1.82, 2.24) is 16.2 Å². The Morgan fingerprint density at radius 2 is 1.93 bits per heavy atom. The topological polar surface area (TPSA) is 121 Å². The van der Waals surface area contributed by atoms with Crippen LogP contribution in [0.4, 0.5) is 5.69 Å². The summed E-state index contributed by atoms with van der Waals surface area (Å²) in [4.78, 5) is 49.0. The molecule has 140 valence electrons. The van der Waals surface area contributed by atoms with Crippen LogP contribution < -0.4 is 21.1 Å². The Kier molecular flexibility index (Phi) is 5.50. The summed E-state index contributed by atoms with van der Waals surface area (Å²) >= 11 is 0. The molecule has 0 bridgehead atoms. The van der Waals surface area contributed by atoms with E-state index in [2.05, 4.69) is 10.7 Å². The lowest BCUT2D eigenvalue weighted by molar-refractivity contribution is -0.139. The van der Waals surface area contributed by atoms with Crippen LogP contribution in [-0.2, 0) is 20.9 Å². The smallest absolute Gasteiger partial charge is 0.327 e. The van der Waals surface area contributed by atoms with Crippen molar-refractivity contribution < 1.29 is 23.6 Å². The van der Waals surface area contributed by atoms with E-state index in [1.165, 1.54) is 6.26 Å². The molecule has 0 saturated carbocycles. The number of anilines is 1. The van der Waals surface area contributed by atoms with Crippen molar-refractivity contribution in [2.24, 2.45) is 0 Å². The SMILES string of the molecule is O=C(NCc1ccco1)C(=O)NNC(=O)c1cccc(N2CCCC2=O)c1. The van der Waals surface area contributed by atoms with E-state index in [1.54, 1.807) is 41.3 Å². The first kappa shape index (κ1) is 18.2. The van der Waals surface area contributed by atoms with E-state index in [1.807, 2.05) is 5.43 Å². The summed E-state index contributed by atoms with van der Waals surface area (Å²) in [5, 5.41) is 2.36. The Hall–Kier alpha value is -3.62. The molecule has 3 rings (SSSR count). The summed E-state index contributed by atoms with van der Waals surface area (Å²) in [5.74, 6) is -2.03. The van der Waals surface area contributed by atoms with E-state index in [-0.39, 0.29) is 18.0 Å². The van der Waals surface area contributed by atoms with Gasteiger partial charge in [0.05, 0.1) is 12.8 Å². The average molecular weight is 370 g/mol. The molecule has 3 N–H and O–H groups in total. The summed E-state index contributed by atoms with van der Waals surface area (Å²) < 4.78 is 5.04. The lowest BCUT2D eigenvalue weighted by Crippen LogP contribution is -2.48. The molecule has 4 amide bonds. The number of benzene rings is 1. The summed E-state index contributed by atoms with van der Waals surface area (Å²) in [6.07, 6.45) is 2.71. The van der Waals surface area contributed by atoms with Crippen molar-refractivity contribution in [3.8, 4) is 0 Å². The highest BCUT2D eigenvalue weighted by molar-refractivity contribution is 6.35. The van der Waals surface area contributed by atoms with Gasteiger partial charge in [0.25, 0.3) is 5.91 Å². The maximum Gasteiger partial charge on any atom is 0.327 e. The third-order valence-corrected chi connectivity index (χ3v) is 3.99. The molecule has 0 atom stereocenters. The van der Waals surface area contributed by atoms with Crippen molar-refractivity contribution in [3.63, 3.8) is 0 Å². The zero-order chi connectivity index (χ0) is 19.2. The van der Waals surface area contributed by atoms with Crippen LogP contribution in [0.3, 0.4) is 0 Å². The predicted octanol–water partition coefficient (Wildman–Crippen LogP) is 0.484. The molecule has 9 nitrogen and oxygen atoms in total. The highest BCUT2D eigenvalue weighted by Gasteiger charge is 2.22. The van der Waals surface area contributed by atoms with Crippen molar-refractivity contribution in [3.05, 3.63) is 54.0 Å². The molecule has 1 aromatic heterocycles. The lowest BCUT2D eigenvalue weighted by Gasteiger charge is -2.16. The van der Waals surface area contributed by atoms with Gasteiger partial charge in [0, 0.05) is 24.2 Å². The normalized spacial score (nSPS) is 13.3. The van der Waals surface area contributed by atoms with E-state index < -0.39 is 17.7 Å². The van der Waals surface area contributed by atoms with Crippen LogP contribution in [0.2, 0.25) is 0 Å². The van der Waals surface area contributed by atoms with Crippen LogP contribution in [0, 0.1) is 0 Å². The molecule has 9 heteroatoms. The van der Waals surface area contributed by atoms with E-state index in [0.717, 1.165) is 6.42 Å². The van der Waals surface area contributed by atoms with Crippen LogP contribution in [0.15, 0.2) is 47.1 Å². The average Bonchev–Trinajstić information content (AvgIpc) is 3.35. The molecule has 0 radical (unpaired) electrons. The number of hydrogen-bond donors (Lipinski definition) is 3. The molecule has 1 aliphatic rings. The first-order chi connectivity index (χ1) is 13.0. The number of amides is 4. The van der Waals surface area contributed by atoms with Gasteiger partial charge in [-0.1, -0.05) is 6.07 Å². The standard InChI is InChI=1S/C18H18N4O5/c23-15-7-2-8-22(15)13-5-1-4-12(10-13)16(24)20-21-18(26)17(25)19-11-14-6-3-9-27-14/h1,3-6,9-10H,2,7-8,11H2,(H,19,25)(H,20,24)(H,21,26). The summed E-state index contributed by atoms with van der Waals surface area (Å²) in [5.41, 5.74) is 5.09. The van der Waals surface area contributed by atoms with Gasteiger partial charge >= 0.3 is 11.8 Å². The molecule has 1 aromatic carbocycles. The first-order valence-electron chi connectivity index (χ1n) is 8.36. The number of hydrogen-bond acceptors (Lipinski definition) is 5. The van der Waals surface area contributed by atoms with Gasteiger partial charge in [0.15, 0.2) is 0 Å². The van der Waals surface area contributed by atoms with Gasteiger partial charge in [-0.25, -0.2) is 0 Å². The van der Waals surface area contributed by atoms with Crippen molar-refractivity contribution >= 4 is 29.3 Å². The molecule has 0 unspecified atom stereocenters. The van der Waals surface area contributed by atoms with Crippen LogP contribution in [0.1, 0.15) is 29.0 Å². The Morgan fingerprint density at radius 1 is 1.07 bits per heavy atom. The van der Waals surface area contributed by atoms with Crippen LogP contribution >= 0.6 is 0 Å². The molecule has 2 heterocycles. The largest absolute Gasteiger partial charge is 0.467 e. The Balaban J connectivity index is 1.52. The minimum atomic E-state index is -1.01. The monoisotopic (exact) mass is 370 g/mol. The number of nitrogens with zero attached hydrogens (tertiary/aromatic N) is 1. The number of hydrazine groups is 1. The number of carbonyl (C=O) groups is 4. The van der Waals surface area contributed by atoms with Gasteiger partial charge < -0.3 is 14.6 Å². The fourth-order valence-electron chi connectivity index (χ4n) is 2.64. The number of carbonyl (C=O) groups excluding carboxylic acids is 4. The zero-order valence-corrected chi connectivity index (χ0v) is 14.4. The van der Waals surface area contributed by atoms with E-state index in [4.69, 9.17) is 4.42 Å². The van der Waals surface area contributed by atoms with Gasteiger partial charge in [0.1, 0.15) is 5.76 Å².